The van der Waals surface area contributed by atoms with Crippen LogP contribution in [0.5, 0.6) is 11.5 Å². The number of rotatable bonds is 6. The Hall–Kier alpha value is -3.88. The molecule has 2 aromatic carbocycles. The van der Waals surface area contributed by atoms with Gasteiger partial charge in [0.1, 0.15) is 6.33 Å². The molecule has 3 aromatic rings. The van der Waals surface area contributed by atoms with E-state index in [2.05, 4.69) is 20.7 Å². The normalized spacial score (nSPS) is 15.1. The lowest BCUT2D eigenvalue weighted by molar-refractivity contribution is -0.118. The zero-order chi connectivity index (χ0) is 22.0. The maximum absolute atomic E-state index is 12.4. The predicted octanol–water partition coefficient (Wildman–Crippen LogP) is 2.85. The van der Waals surface area contributed by atoms with Crippen molar-refractivity contribution < 1.29 is 19.1 Å². The van der Waals surface area contributed by atoms with Crippen molar-refractivity contribution in [3.8, 4) is 11.5 Å². The van der Waals surface area contributed by atoms with E-state index < -0.39 is 0 Å². The summed E-state index contributed by atoms with van der Waals surface area (Å²) in [5.74, 6) is 0.906. The minimum Gasteiger partial charge on any atom is -0.493 e. The highest BCUT2D eigenvalue weighted by Crippen LogP contribution is 2.35. The summed E-state index contributed by atoms with van der Waals surface area (Å²) >= 11 is 0. The highest BCUT2D eigenvalue weighted by atomic mass is 16.5. The third-order valence-electron chi connectivity index (χ3n) is 5.18. The second-order valence-electron chi connectivity index (χ2n) is 7.31. The Bertz CT molecular complexity index is 1120. The van der Waals surface area contributed by atoms with E-state index in [1.54, 1.807) is 16.8 Å². The van der Waals surface area contributed by atoms with Crippen LogP contribution in [-0.4, -0.2) is 40.3 Å². The second kappa shape index (κ2) is 8.47. The number of hydrogen-bond acceptors (Lipinski definition) is 6. The molecule has 2 amide bonds. The summed E-state index contributed by atoms with van der Waals surface area (Å²) in [6.45, 7) is 3.72. The average molecular weight is 421 g/mol. The molecule has 0 unspecified atom stereocenters. The highest BCUT2D eigenvalue weighted by Gasteiger charge is 2.28. The second-order valence-corrected chi connectivity index (χ2v) is 7.31. The molecule has 2 N–H and O–H groups in total. The van der Waals surface area contributed by atoms with Crippen molar-refractivity contribution in [2.75, 3.05) is 24.4 Å². The molecule has 1 aliphatic heterocycles. The molecule has 31 heavy (non-hydrogen) atoms. The molecule has 0 bridgehead atoms. The number of ether oxygens (including phenoxy) is 2. The molecule has 2 heterocycles. The van der Waals surface area contributed by atoms with E-state index in [1.165, 1.54) is 13.4 Å². The molecule has 0 radical (unpaired) electrons. The number of nitrogens with one attached hydrogen (secondary N) is 2. The van der Waals surface area contributed by atoms with E-state index in [1.807, 2.05) is 38.1 Å². The molecule has 9 heteroatoms. The molecule has 0 fully saturated rings. The summed E-state index contributed by atoms with van der Waals surface area (Å²) in [4.78, 5) is 28.5. The van der Waals surface area contributed by atoms with Crippen LogP contribution >= 0.6 is 0 Å². The number of aromatic nitrogens is 3. The van der Waals surface area contributed by atoms with Crippen LogP contribution in [0, 0.1) is 13.8 Å². The van der Waals surface area contributed by atoms with Gasteiger partial charge in [-0.25, -0.2) is 4.68 Å². The van der Waals surface area contributed by atoms with Crippen molar-refractivity contribution >= 4 is 23.5 Å². The molecule has 160 valence electrons. The Morgan fingerprint density at radius 1 is 1.23 bits per heavy atom. The SMILES string of the molecule is COc1cc([C@@H]2CC(=O)Nc3ncnn32)ccc1OCC(=O)Nc1c(C)cccc1C. The van der Waals surface area contributed by atoms with Gasteiger partial charge >= 0.3 is 0 Å². The van der Waals surface area contributed by atoms with Gasteiger partial charge in [0, 0.05) is 5.69 Å². The van der Waals surface area contributed by atoms with Gasteiger partial charge in [0.2, 0.25) is 11.9 Å². The fourth-order valence-corrected chi connectivity index (χ4v) is 3.61. The number of hydrogen-bond donors (Lipinski definition) is 2. The Kier molecular flexibility index (Phi) is 5.57. The van der Waals surface area contributed by atoms with Crippen LogP contribution in [0.3, 0.4) is 0 Å². The third-order valence-corrected chi connectivity index (χ3v) is 5.18. The first-order chi connectivity index (χ1) is 15.0. The van der Waals surface area contributed by atoms with Crippen LogP contribution in [0.25, 0.3) is 0 Å². The summed E-state index contributed by atoms with van der Waals surface area (Å²) in [5, 5.41) is 9.79. The number of benzene rings is 2. The predicted molar refractivity (Wildman–Crippen MR) is 114 cm³/mol. The van der Waals surface area contributed by atoms with Crippen molar-refractivity contribution in [2.24, 2.45) is 0 Å². The van der Waals surface area contributed by atoms with E-state index in [0.29, 0.717) is 17.4 Å². The Morgan fingerprint density at radius 3 is 2.74 bits per heavy atom. The maximum atomic E-state index is 12.4. The average Bonchev–Trinajstić information content (AvgIpc) is 3.22. The van der Waals surface area contributed by atoms with Gasteiger partial charge in [-0.1, -0.05) is 24.3 Å². The standard InChI is InChI=1S/C22H23N5O4/c1-13-5-4-6-14(2)21(13)25-20(29)11-31-17-8-7-15(9-18(17)30-3)16-10-19(28)26-22-23-12-24-27(16)22/h4-9,12,16H,10-11H2,1-3H3,(H,25,29)(H,23,24,26,28)/t16-/m0/s1. The van der Waals surface area contributed by atoms with E-state index in [-0.39, 0.29) is 30.9 Å². The molecule has 1 aliphatic rings. The number of carbonyl (C=O) groups is 2. The lowest BCUT2D eigenvalue weighted by Crippen LogP contribution is -2.29. The van der Waals surface area contributed by atoms with Gasteiger partial charge in [0.15, 0.2) is 18.1 Å². The Labute approximate surface area is 179 Å². The van der Waals surface area contributed by atoms with Crippen LogP contribution in [0.15, 0.2) is 42.7 Å². The first kappa shape index (κ1) is 20.4. The summed E-state index contributed by atoms with van der Waals surface area (Å²) in [6.07, 6.45) is 1.63. The fraction of sp³-hybridized carbons (Fsp3) is 0.273. The molecule has 4 rings (SSSR count). The van der Waals surface area contributed by atoms with Crippen LogP contribution < -0.4 is 20.1 Å². The molecule has 9 nitrogen and oxygen atoms in total. The summed E-state index contributed by atoms with van der Waals surface area (Å²) < 4.78 is 12.8. The highest BCUT2D eigenvalue weighted by molar-refractivity contribution is 5.93. The number of nitrogens with zero attached hydrogens (tertiary/aromatic N) is 3. The first-order valence-corrected chi connectivity index (χ1v) is 9.82. The number of aryl methyl sites for hydroxylation is 2. The van der Waals surface area contributed by atoms with Crippen molar-refractivity contribution in [1.29, 1.82) is 0 Å². The van der Waals surface area contributed by atoms with E-state index in [4.69, 9.17) is 9.47 Å². The number of para-hydroxylation sites is 1. The van der Waals surface area contributed by atoms with E-state index in [0.717, 1.165) is 22.4 Å². The Balaban J connectivity index is 1.48. The quantitative estimate of drug-likeness (QED) is 0.634. The van der Waals surface area contributed by atoms with E-state index >= 15 is 0 Å². The lowest BCUT2D eigenvalue weighted by Gasteiger charge is -2.24. The number of amides is 2. The van der Waals surface area contributed by atoms with Crippen LogP contribution in [0.1, 0.15) is 29.2 Å². The van der Waals surface area contributed by atoms with Gasteiger partial charge in [-0.05, 0) is 42.7 Å². The smallest absolute Gasteiger partial charge is 0.262 e. The minimum atomic E-state index is -0.304. The number of carbonyl (C=O) groups excluding carboxylic acids is 2. The van der Waals surface area contributed by atoms with E-state index in [9.17, 15) is 9.59 Å². The van der Waals surface area contributed by atoms with Gasteiger partial charge in [-0.3, -0.25) is 14.9 Å². The van der Waals surface area contributed by atoms with Crippen molar-refractivity contribution in [1.82, 2.24) is 14.8 Å². The summed E-state index contributed by atoms with van der Waals surface area (Å²) in [6, 6.07) is 10.9. The molecule has 0 saturated heterocycles. The van der Waals surface area contributed by atoms with Crippen LogP contribution in [0.4, 0.5) is 11.6 Å². The van der Waals surface area contributed by atoms with Crippen LogP contribution in [0.2, 0.25) is 0 Å². The Morgan fingerprint density at radius 2 is 2.00 bits per heavy atom. The lowest BCUT2D eigenvalue weighted by atomic mass is 10.0. The van der Waals surface area contributed by atoms with Gasteiger partial charge in [0.05, 0.1) is 19.6 Å². The maximum Gasteiger partial charge on any atom is 0.262 e. The third kappa shape index (κ3) is 4.20. The van der Waals surface area contributed by atoms with Gasteiger partial charge in [-0.2, -0.15) is 10.1 Å². The topological polar surface area (TPSA) is 107 Å². The molecule has 0 spiro atoms. The van der Waals surface area contributed by atoms with Crippen molar-refractivity contribution in [3.63, 3.8) is 0 Å². The zero-order valence-electron chi connectivity index (χ0n) is 17.5. The molecule has 1 aromatic heterocycles. The minimum absolute atomic E-state index is 0.132. The van der Waals surface area contributed by atoms with Crippen LogP contribution in [-0.2, 0) is 9.59 Å². The largest absolute Gasteiger partial charge is 0.493 e. The van der Waals surface area contributed by atoms with Crippen molar-refractivity contribution in [3.05, 3.63) is 59.4 Å². The molecule has 1 atom stereocenters. The molecular formula is C22H23N5O4. The van der Waals surface area contributed by atoms with Gasteiger partial charge < -0.3 is 14.8 Å². The van der Waals surface area contributed by atoms with Gasteiger partial charge in [0.25, 0.3) is 5.91 Å². The summed E-state index contributed by atoms with van der Waals surface area (Å²) in [5.41, 5.74) is 3.59. The molecule has 0 saturated carbocycles. The number of methoxy groups -OCH3 is 1. The van der Waals surface area contributed by atoms with Crippen molar-refractivity contribution in [2.45, 2.75) is 26.3 Å². The fourth-order valence-electron chi connectivity index (χ4n) is 3.61. The monoisotopic (exact) mass is 421 g/mol. The first-order valence-electron chi connectivity index (χ1n) is 9.82. The molecule has 0 aliphatic carbocycles. The number of fused-ring (bicyclic) bond motifs is 1. The molecular weight excluding hydrogens is 398 g/mol. The van der Waals surface area contributed by atoms with Gasteiger partial charge in [-0.15, -0.1) is 0 Å². The summed E-state index contributed by atoms with van der Waals surface area (Å²) in [7, 11) is 1.53. The zero-order valence-corrected chi connectivity index (χ0v) is 17.5. The number of anilines is 2.